The van der Waals surface area contributed by atoms with Crippen LogP contribution in [0.2, 0.25) is 0 Å². The maximum Gasteiger partial charge on any atom is 0.0877 e. The van der Waals surface area contributed by atoms with E-state index in [-0.39, 0.29) is 0 Å². The largest absolute Gasteiger partial charge is 0.501 e. The van der Waals surface area contributed by atoms with Crippen molar-refractivity contribution in [2.24, 2.45) is 5.16 Å². The van der Waals surface area contributed by atoms with Gasteiger partial charge in [0.1, 0.15) is 0 Å². The monoisotopic (exact) mass is 127 g/mol. The first-order valence-corrected chi connectivity index (χ1v) is 2.91. The molecule has 1 rings (SSSR count). The summed E-state index contributed by atoms with van der Waals surface area (Å²) < 4.78 is 4.97. The molecule has 1 aliphatic heterocycles. The van der Waals surface area contributed by atoms with Crippen LogP contribution in [0.15, 0.2) is 17.0 Å². The molecule has 1 aliphatic rings. The van der Waals surface area contributed by atoms with E-state index < -0.39 is 0 Å². The number of hydrogen-bond donors (Lipinski definition) is 1. The van der Waals surface area contributed by atoms with Gasteiger partial charge in [-0.15, -0.1) is 0 Å². The van der Waals surface area contributed by atoms with Crippen molar-refractivity contribution in [3.8, 4) is 0 Å². The summed E-state index contributed by atoms with van der Waals surface area (Å²) in [6.45, 7) is 0.781. The van der Waals surface area contributed by atoms with Crippen molar-refractivity contribution in [3.05, 3.63) is 11.8 Å². The summed E-state index contributed by atoms with van der Waals surface area (Å²) in [5.74, 6) is 0. The summed E-state index contributed by atoms with van der Waals surface area (Å²) in [5.41, 5.74) is 0.948. The van der Waals surface area contributed by atoms with Gasteiger partial charge >= 0.3 is 0 Å². The lowest BCUT2D eigenvalue weighted by Crippen LogP contribution is -1.99. The van der Waals surface area contributed by atoms with Crippen molar-refractivity contribution >= 4 is 6.21 Å². The molecule has 0 fully saturated rings. The van der Waals surface area contributed by atoms with Crippen LogP contribution in [0.5, 0.6) is 0 Å². The zero-order chi connectivity index (χ0) is 6.53. The first-order valence-electron chi connectivity index (χ1n) is 2.91. The minimum atomic E-state index is 0.781. The second-order valence-corrected chi connectivity index (χ2v) is 1.91. The molecule has 0 aromatic heterocycles. The van der Waals surface area contributed by atoms with E-state index in [2.05, 4.69) is 5.16 Å². The van der Waals surface area contributed by atoms with Crippen LogP contribution in [-0.2, 0) is 4.74 Å². The average Bonchev–Trinajstić information content (AvgIpc) is 1.91. The minimum absolute atomic E-state index is 0.781. The van der Waals surface area contributed by atoms with Crippen LogP contribution < -0.4 is 0 Å². The SMILES string of the molecule is O/N=C/C1=COCCC1. The molecule has 0 aromatic rings. The fourth-order valence-electron chi connectivity index (χ4n) is 0.754. The van der Waals surface area contributed by atoms with Gasteiger partial charge in [0, 0.05) is 5.57 Å². The molecule has 0 bridgehead atoms. The van der Waals surface area contributed by atoms with Crippen molar-refractivity contribution in [1.82, 2.24) is 0 Å². The van der Waals surface area contributed by atoms with E-state index in [1.165, 1.54) is 6.21 Å². The van der Waals surface area contributed by atoms with Crippen LogP contribution in [-0.4, -0.2) is 18.0 Å². The second-order valence-electron chi connectivity index (χ2n) is 1.91. The van der Waals surface area contributed by atoms with Crippen molar-refractivity contribution in [1.29, 1.82) is 0 Å². The van der Waals surface area contributed by atoms with Gasteiger partial charge in [-0.05, 0) is 12.8 Å². The minimum Gasteiger partial charge on any atom is -0.501 e. The Labute approximate surface area is 53.6 Å². The molecule has 1 N–H and O–H groups in total. The number of hydrogen-bond acceptors (Lipinski definition) is 3. The van der Waals surface area contributed by atoms with Gasteiger partial charge in [-0.3, -0.25) is 0 Å². The molecular weight excluding hydrogens is 118 g/mol. The molecule has 0 atom stereocenters. The molecular formula is C6H9NO2. The Kier molecular flexibility index (Phi) is 2.13. The summed E-state index contributed by atoms with van der Waals surface area (Å²) in [6.07, 6.45) is 4.99. The molecule has 0 saturated heterocycles. The maximum absolute atomic E-state index is 8.09. The van der Waals surface area contributed by atoms with Crippen molar-refractivity contribution in [3.63, 3.8) is 0 Å². The lowest BCUT2D eigenvalue weighted by atomic mass is 10.1. The van der Waals surface area contributed by atoms with Crippen molar-refractivity contribution in [2.45, 2.75) is 12.8 Å². The molecule has 1 heterocycles. The zero-order valence-corrected chi connectivity index (χ0v) is 5.08. The first kappa shape index (κ1) is 6.13. The third-order valence-electron chi connectivity index (χ3n) is 1.19. The van der Waals surface area contributed by atoms with Gasteiger partial charge in [0.05, 0.1) is 19.1 Å². The van der Waals surface area contributed by atoms with E-state index in [1.54, 1.807) is 6.26 Å². The molecule has 3 nitrogen and oxygen atoms in total. The molecule has 0 saturated carbocycles. The van der Waals surface area contributed by atoms with Gasteiger partial charge in [-0.25, -0.2) is 0 Å². The van der Waals surface area contributed by atoms with Crippen molar-refractivity contribution < 1.29 is 9.94 Å². The fourth-order valence-corrected chi connectivity index (χ4v) is 0.754. The molecule has 0 aliphatic carbocycles. The number of ether oxygens (including phenoxy) is 1. The third-order valence-corrected chi connectivity index (χ3v) is 1.19. The predicted octanol–water partition coefficient (Wildman–Crippen LogP) is 1.14. The highest BCUT2D eigenvalue weighted by Crippen LogP contribution is 2.08. The maximum atomic E-state index is 8.09. The fraction of sp³-hybridized carbons (Fsp3) is 0.500. The predicted molar refractivity (Wildman–Crippen MR) is 33.5 cm³/mol. The summed E-state index contributed by atoms with van der Waals surface area (Å²) in [6, 6.07) is 0. The lowest BCUT2D eigenvalue weighted by Gasteiger charge is -2.08. The van der Waals surface area contributed by atoms with Crippen LogP contribution in [0.4, 0.5) is 0 Å². The van der Waals surface area contributed by atoms with E-state index in [0.29, 0.717) is 0 Å². The smallest absolute Gasteiger partial charge is 0.0877 e. The summed E-state index contributed by atoms with van der Waals surface area (Å²) in [5, 5.41) is 11.0. The van der Waals surface area contributed by atoms with E-state index >= 15 is 0 Å². The number of rotatable bonds is 1. The molecule has 0 spiro atoms. The van der Waals surface area contributed by atoms with Gasteiger partial charge in [0.25, 0.3) is 0 Å². The Hall–Kier alpha value is -0.990. The Morgan fingerprint density at radius 1 is 1.78 bits per heavy atom. The summed E-state index contributed by atoms with van der Waals surface area (Å²) >= 11 is 0. The van der Waals surface area contributed by atoms with Gasteiger partial charge in [-0.2, -0.15) is 0 Å². The number of nitrogens with zero attached hydrogens (tertiary/aromatic N) is 1. The Morgan fingerprint density at radius 2 is 2.67 bits per heavy atom. The Morgan fingerprint density at radius 3 is 3.22 bits per heavy atom. The van der Waals surface area contributed by atoms with Crippen LogP contribution in [0.3, 0.4) is 0 Å². The van der Waals surface area contributed by atoms with Crippen LogP contribution in [0, 0.1) is 0 Å². The average molecular weight is 127 g/mol. The Bertz CT molecular complexity index is 140. The Balaban J connectivity index is 2.46. The summed E-state index contributed by atoms with van der Waals surface area (Å²) in [4.78, 5) is 0. The first-order chi connectivity index (χ1) is 4.43. The lowest BCUT2D eigenvalue weighted by molar-refractivity contribution is 0.228. The third kappa shape index (κ3) is 1.76. The second kappa shape index (κ2) is 3.12. The molecule has 0 unspecified atom stereocenters. The molecule has 50 valence electrons. The van der Waals surface area contributed by atoms with E-state index in [0.717, 1.165) is 25.0 Å². The standard InChI is InChI=1S/C6H9NO2/c8-7-4-6-2-1-3-9-5-6/h4-5,8H,1-3H2/b7-4+. The highest BCUT2D eigenvalue weighted by atomic mass is 16.5. The molecule has 0 amide bonds. The van der Waals surface area contributed by atoms with Crippen LogP contribution in [0.1, 0.15) is 12.8 Å². The highest BCUT2D eigenvalue weighted by molar-refractivity contribution is 5.77. The van der Waals surface area contributed by atoms with Gasteiger partial charge in [-0.1, -0.05) is 5.16 Å². The molecule has 9 heavy (non-hydrogen) atoms. The number of allylic oxidation sites excluding steroid dienone is 1. The van der Waals surface area contributed by atoms with E-state index in [1.807, 2.05) is 0 Å². The van der Waals surface area contributed by atoms with E-state index in [9.17, 15) is 0 Å². The molecule has 0 radical (unpaired) electrons. The van der Waals surface area contributed by atoms with Crippen LogP contribution in [0.25, 0.3) is 0 Å². The van der Waals surface area contributed by atoms with Gasteiger partial charge in [0.2, 0.25) is 0 Å². The topological polar surface area (TPSA) is 41.8 Å². The van der Waals surface area contributed by atoms with E-state index in [4.69, 9.17) is 9.94 Å². The van der Waals surface area contributed by atoms with Gasteiger partial charge in [0.15, 0.2) is 0 Å². The number of oxime groups is 1. The van der Waals surface area contributed by atoms with Gasteiger partial charge < -0.3 is 9.94 Å². The highest BCUT2D eigenvalue weighted by Gasteiger charge is 1.99. The van der Waals surface area contributed by atoms with Crippen LogP contribution >= 0.6 is 0 Å². The zero-order valence-electron chi connectivity index (χ0n) is 5.08. The quantitative estimate of drug-likeness (QED) is 0.326. The van der Waals surface area contributed by atoms with Crippen molar-refractivity contribution in [2.75, 3.05) is 6.61 Å². The molecule has 0 aromatic carbocycles. The normalized spacial score (nSPS) is 19.3. The molecule has 3 heteroatoms. The summed E-state index contributed by atoms with van der Waals surface area (Å²) in [7, 11) is 0.